The fourth-order valence-electron chi connectivity index (χ4n) is 3.58. The molecule has 0 fully saturated rings. The van der Waals surface area contributed by atoms with Gasteiger partial charge in [0, 0.05) is 33.4 Å². The van der Waals surface area contributed by atoms with Gasteiger partial charge < -0.3 is 5.32 Å². The monoisotopic (exact) mass is 434 g/mol. The van der Waals surface area contributed by atoms with Crippen LogP contribution in [0.1, 0.15) is 24.8 Å². The van der Waals surface area contributed by atoms with Gasteiger partial charge in [-0.1, -0.05) is 30.3 Å². The third-order valence-corrected chi connectivity index (χ3v) is 5.34. The van der Waals surface area contributed by atoms with Crippen LogP contribution in [0.4, 0.5) is 5.69 Å². The van der Waals surface area contributed by atoms with Crippen LogP contribution in [0.25, 0.3) is 11.0 Å². The van der Waals surface area contributed by atoms with Gasteiger partial charge in [-0.15, -0.1) is 0 Å². The molecular weight excluding hydrogens is 412 g/mol. The van der Waals surface area contributed by atoms with Crippen LogP contribution >= 0.6 is 0 Å². The lowest BCUT2D eigenvalue weighted by molar-refractivity contribution is -0.132. The highest BCUT2D eigenvalue weighted by Gasteiger charge is 2.22. The van der Waals surface area contributed by atoms with Crippen molar-refractivity contribution in [1.29, 1.82) is 0 Å². The molecule has 0 aliphatic carbocycles. The van der Waals surface area contributed by atoms with Crippen molar-refractivity contribution >= 4 is 34.2 Å². The van der Waals surface area contributed by atoms with Crippen LogP contribution in [-0.2, 0) is 23.7 Å². The molecule has 3 aromatic rings. The lowest BCUT2D eigenvalue weighted by Crippen LogP contribution is -2.37. The summed E-state index contributed by atoms with van der Waals surface area (Å²) in [5, 5.41) is 8.64. The highest BCUT2D eigenvalue weighted by Crippen LogP contribution is 2.16. The molecule has 0 saturated heterocycles. The third-order valence-electron chi connectivity index (χ3n) is 5.34. The van der Waals surface area contributed by atoms with Gasteiger partial charge >= 0.3 is 5.69 Å². The van der Waals surface area contributed by atoms with Gasteiger partial charge in [0.05, 0.1) is 29.5 Å². The standard InChI is InChI=1S/C22H22N6O4/c1-26-20-16(21(31)27(2)22(26)32)12-15(13-23-20)24-18(29)8-9-19(30)28-11-10-17(25-28)14-6-4-3-5-7-14/h3-7,12-13H,8-11H2,1-2H3,(H,24,29). The van der Waals surface area contributed by atoms with Crippen molar-refractivity contribution in [2.24, 2.45) is 19.2 Å². The number of anilines is 1. The predicted octanol–water partition coefficient (Wildman–Crippen LogP) is 0.987. The van der Waals surface area contributed by atoms with Gasteiger partial charge in [-0.05, 0) is 11.6 Å². The van der Waals surface area contributed by atoms with Crippen LogP contribution in [0, 0.1) is 0 Å². The third kappa shape index (κ3) is 4.07. The summed E-state index contributed by atoms with van der Waals surface area (Å²) < 4.78 is 2.25. The van der Waals surface area contributed by atoms with Crippen LogP contribution in [0.2, 0.25) is 0 Å². The Kier molecular flexibility index (Phi) is 5.67. The molecule has 2 amide bonds. The highest BCUT2D eigenvalue weighted by molar-refractivity contribution is 6.03. The molecule has 1 aliphatic rings. The molecule has 4 rings (SSSR count). The topological polar surface area (TPSA) is 119 Å². The number of carbonyl (C=O) groups is 2. The number of fused-ring (bicyclic) bond motifs is 1. The van der Waals surface area contributed by atoms with Crippen LogP contribution in [0.5, 0.6) is 0 Å². The van der Waals surface area contributed by atoms with Gasteiger partial charge in [0.25, 0.3) is 5.56 Å². The minimum Gasteiger partial charge on any atom is -0.325 e. The van der Waals surface area contributed by atoms with Crippen LogP contribution < -0.4 is 16.6 Å². The van der Waals surface area contributed by atoms with E-state index in [0.717, 1.165) is 15.8 Å². The highest BCUT2D eigenvalue weighted by atomic mass is 16.2. The second kappa shape index (κ2) is 8.58. The smallest absolute Gasteiger partial charge is 0.325 e. The molecule has 1 aliphatic heterocycles. The van der Waals surface area contributed by atoms with E-state index < -0.39 is 11.2 Å². The molecule has 0 atom stereocenters. The Morgan fingerprint density at radius 1 is 1.06 bits per heavy atom. The quantitative estimate of drug-likeness (QED) is 0.642. The van der Waals surface area contributed by atoms with Gasteiger partial charge in [0.2, 0.25) is 11.8 Å². The fourth-order valence-corrected chi connectivity index (χ4v) is 3.58. The van der Waals surface area contributed by atoms with E-state index >= 15 is 0 Å². The molecule has 0 spiro atoms. The lowest BCUT2D eigenvalue weighted by Gasteiger charge is -2.11. The number of nitrogens with zero attached hydrogens (tertiary/aromatic N) is 5. The molecule has 0 saturated carbocycles. The second-order valence-electron chi connectivity index (χ2n) is 7.53. The average Bonchev–Trinajstić information content (AvgIpc) is 3.31. The number of rotatable bonds is 5. The summed E-state index contributed by atoms with van der Waals surface area (Å²) in [6, 6.07) is 11.1. The van der Waals surface area contributed by atoms with Crippen LogP contribution in [0.3, 0.4) is 0 Å². The van der Waals surface area contributed by atoms with E-state index in [4.69, 9.17) is 0 Å². The first-order valence-corrected chi connectivity index (χ1v) is 10.1. The molecule has 2 aromatic heterocycles. The Morgan fingerprint density at radius 3 is 2.56 bits per heavy atom. The molecule has 32 heavy (non-hydrogen) atoms. The van der Waals surface area contributed by atoms with E-state index in [2.05, 4.69) is 15.4 Å². The lowest BCUT2D eigenvalue weighted by atomic mass is 10.1. The maximum atomic E-state index is 12.5. The maximum Gasteiger partial charge on any atom is 0.332 e. The first-order valence-electron chi connectivity index (χ1n) is 10.1. The van der Waals surface area contributed by atoms with E-state index in [1.54, 1.807) is 0 Å². The Hall–Kier alpha value is -4.08. The number of benzene rings is 1. The molecule has 0 bridgehead atoms. The number of aryl methyl sites for hydroxylation is 1. The molecule has 0 radical (unpaired) electrons. The number of hydrogen-bond donors (Lipinski definition) is 1. The van der Waals surface area contributed by atoms with Crippen molar-refractivity contribution in [3.05, 3.63) is 69.0 Å². The first-order chi connectivity index (χ1) is 15.3. The van der Waals surface area contributed by atoms with Crippen molar-refractivity contribution in [2.75, 3.05) is 11.9 Å². The summed E-state index contributed by atoms with van der Waals surface area (Å²) >= 11 is 0. The Labute approximate surface area is 182 Å². The summed E-state index contributed by atoms with van der Waals surface area (Å²) in [6.07, 6.45) is 2.02. The number of nitrogens with one attached hydrogen (secondary N) is 1. The van der Waals surface area contributed by atoms with E-state index in [1.165, 1.54) is 35.9 Å². The largest absolute Gasteiger partial charge is 0.332 e. The van der Waals surface area contributed by atoms with Gasteiger partial charge in [0.15, 0.2) is 0 Å². The molecule has 3 heterocycles. The number of aromatic nitrogens is 3. The van der Waals surface area contributed by atoms with Crippen molar-refractivity contribution in [3.8, 4) is 0 Å². The molecule has 0 unspecified atom stereocenters. The predicted molar refractivity (Wildman–Crippen MR) is 119 cm³/mol. The zero-order valence-electron chi connectivity index (χ0n) is 17.7. The van der Waals surface area contributed by atoms with Gasteiger partial charge in [-0.25, -0.2) is 14.8 Å². The van der Waals surface area contributed by atoms with Crippen molar-refractivity contribution in [2.45, 2.75) is 19.3 Å². The minimum atomic E-state index is -0.497. The number of amides is 2. The Bertz CT molecular complexity index is 1360. The van der Waals surface area contributed by atoms with Crippen LogP contribution in [0.15, 0.2) is 57.3 Å². The summed E-state index contributed by atoms with van der Waals surface area (Å²) in [5.74, 6) is -0.612. The summed E-state index contributed by atoms with van der Waals surface area (Å²) in [4.78, 5) is 53.3. The Balaban J connectivity index is 1.40. The summed E-state index contributed by atoms with van der Waals surface area (Å²) in [7, 11) is 2.90. The zero-order chi connectivity index (χ0) is 22.8. The number of hydrogen-bond acceptors (Lipinski definition) is 6. The van der Waals surface area contributed by atoms with E-state index in [0.29, 0.717) is 18.7 Å². The zero-order valence-corrected chi connectivity index (χ0v) is 17.7. The normalized spacial score (nSPS) is 13.3. The van der Waals surface area contributed by atoms with Crippen molar-refractivity contribution in [3.63, 3.8) is 0 Å². The van der Waals surface area contributed by atoms with Crippen molar-refractivity contribution < 1.29 is 9.59 Å². The molecule has 10 nitrogen and oxygen atoms in total. The molecule has 10 heteroatoms. The van der Waals surface area contributed by atoms with Gasteiger partial charge in [-0.2, -0.15) is 5.10 Å². The SMILES string of the molecule is Cn1c(=O)c2cc(NC(=O)CCC(=O)N3CCC(c4ccccc4)=N3)cnc2n(C)c1=O. The van der Waals surface area contributed by atoms with E-state index in [9.17, 15) is 19.2 Å². The maximum absolute atomic E-state index is 12.5. The van der Waals surface area contributed by atoms with Crippen LogP contribution in [-0.4, -0.2) is 43.2 Å². The fraction of sp³-hybridized carbons (Fsp3) is 0.273. The minimum absolute atomic E-state index is 0.00861. The molecule has 164 valence electrons. The number of hydrazone groups is 1. The van der Waals surface area contributed by atoms with E-state index in [1.807, 2.05) is 30.3 Å². The Morgan fingerprint density at radius 2 is 1.81 bits per heavy atom. The molecule has 1 N–H and O–H groups in total. The van der Waals surface area contributed by atoms with Gasteiger partial charge in [-0.3, -0.25) is 23.5 Å². The van der Waals surface area contributed by atoms with Crippen molar-refractivity contribution in [1.82, 2.24) is 19.1 Å². The van der Waals surface area contributed by atoms with E-state index in [-0.39, 0.29) is 35.7 Å². The number of carbonyl (C=O) groups excluding carboxylic acids is 2. The second-order valence-corrected chi connectivity index (χ2v) is 7.53. The number of pyridine rings is 1. The van der Waals surface area contributed by atoms with Gasteiger partial charge in [0.1, 0.15) is 5.65 Å². The average molecular weight is 434 g/mol. The summed E-state index contributed by atoms with van der Waals surface area (Å²) in [6.45, 7) is 0.487. The molecule has 1 aromatic carbocycles. The molecular formula is C22H22N6O4. The summed E-state index contributed by atoms with van der Waals surface area (Å²) in [5.41, 5.74) is 1.39. The first kappa shape index (κ1) is 21.2.